The van der Waals surface area contributed by atoms with Gasteiger partial charge in [-0.1, -0.05) is 42.5 Å². The molecule has 1 aliphatic heterocycles. The third-order valence-electron chi connectivity index (χ3n) is 6.55. The lowest BCUT2D eigenvalue weighted by Gasteiger charge is -2.22. The van der Waals surface area contributed by atoms with Gasteiger partial charge in [-0.15, -0.1) is 0 Å². The van der Waals surface area contributed by atoms with Crippen LogP contribution in [-0.4, -0.2) is 35.8 Å². The lowest BCUT2D eigenvalue weighted by molar-refractivity contribution is -0.130. The fourth-order valence-electron chi connectivity index (χ4n) is 4.88. The van der Waals surface area contributed by atoms with Gasteiger partial charge in [0.2, 0.25) is 5.91 Å². The van der Waals surface area contributed by atoms with Crippen LogP contribution in [0.3, 0.4) is 0 Å². The van der Waals surface area contributed by atoms with Crippen LogP contribution in [0, 0.1) is 6.92 Å². The molecule has 7 heteroatoms. The van der Waals surface area contributed by atoms with Crippen molar-refractivity contribution in [3.8, 4) is 22.6 Å². The fourth-order valence-corrected chi connectivity index (χ4v) is 4.88. The minimum atomic E-state index is -0.421. The number of methoxy groups -OCH3 is 2. The normalized spacial score (nSPS) is 15.2. The van der Waals surface area contributed by atoms with Crippen LogP contribution in [0.4, 0.5) is 0 Å². The molecule has 5 rings (SSSR count). The molecule has 0 fully saturated rings. The van der Waals surface area contributed by atoms with Gasteiger partial charge in [0.05, 0.1) is 31.5 Å². The minimum absolute atomic E-state index is 0.220. The number of aromatic amines is 1. The molecular formula is C29H27N3O4. The number of hydrazone groups is 1. The molecule has 4 aromatic rings. The number of aryl methyl sites for hydroxylation is 1. The zero-order valence-electron chi connectivity index (χ0n) is 20.7. The van der Waals surface area contributed by atoms with Crippen molar-refractivity contribution in [2.75, 3.05) is 14.2 Å². The van der Waals surface area contributed by atoms with E-state index in [-0.39, 0.29) is 11.5 Å². The molecule has 3 aromatic carbocycles. The van der Waals surface area contributed by atoms with E-state index in [9.17, 15) is 9.59 Å². The maximum absolute atomic E-state index is 13.6. The van der Waals surface area contributed by atoms with Crippen LogP contribution in [0.15, 0.2) is 76.6 Å². The molecule has 1 aromatic heterocycles. The Morgan fingerprint density at radius 2 is 1.78 bits per heavy atom. The molecule has 182 valence electrons. The molecular weight excluding hydrogens is 454 g/mol. The van der Waals surface area contributed by atoms with Crippen LogP contribution in [-0.2, 0) is 4.79 Å². The maximum atomic E-state index is 13.6. The molecule has 0 radical (unpaired) electrons. The molecule has 1 N–H and O–H groups in total. The van der Waals surface area contributed by atoms with Gasteiger partial charge in [0.25, 0.3) is 5.56 Å². The number of ether oxygens (including phenoxy) is 2. The molecule has 7 nitrogen and oxygen atoms in total. The van der Waals surface area contributed by atoms with Crippen molar-refractivity contribution in [2.24, 2.45) is 5.10 Å². The second kappa shape index (κ2) is 9.34. The summed E-state index contributed by atoms with van der Waals surface area (Å²) in [5.74, 6) is 1.02. The van der Waals surface area contributed by atoms with Gasteiger partial charge in [-0.3, -0.25) is 9.59 Å². The van der Waals surface area contributed by atoms with E-state index in [1.165, 1.54) is 11.9 Å². The molecule has 0 saturated heterocycles. The standard InChI is InChI=1S/C29H27N3O4/c1-17-10-12-21-23(14-17)30-29(34)28(27(21)19-8-6-5-7-9-19)24-16-25(32(31-24)18(2)33)22-13-11-20(35-3)15-26(22)36-4/h5-15,25H,16H2,1-4H3,(H,30,34). The number of amides is 1. The second-order valence-corrected chi connectivity index (χ2v) is 8.86. The van der Waals surface area contributed by atoms with Crippen molar-refractivity contribution in [1.82, 2.24) is 9.99 Å². The zero-order chi connectivity index (χ0) is 25.4. The molecule has 36 heavy (non-hydrogen) atoms. The van der Waals surface area contributed by atoms with Crippen molar-refractivity contribution in [1.29, 1.82) is 0 Å². The fraction of sp³-hybridized carbons (Fsp3) is 0.207. The summed E-state index contributed by atoms with van der Waals surface area (Å²) in [4.78, 5) is 29.3. The first-order valence-corrected chi connectivity index (χ1v) is 11.7. The van der Waals surface area contributed by atoms with Crippen molar-refractivity contribution in [2.45, 2.75) is 26.3 Å². The van der Waals surface area contributed by atoms with Gasteiger partial charge >= 0.3 is 0 Å². The highest BCUT2D eigenvalue weighted by Gasteiger charge is 2.35. The lowest BCUT2D eigenvalue weighted by Crippen LogP contribution is -2.24. The van der Waals surface area contributed by atoms with Crippen LogP contribution in [0.1, 0.15) is 36.1 Å². The maximum Gasteiger partial charge on any atom is 0.258 e. The van der Waals surface area contributed by atoms with Crippen LogP contribution in [0.25, 0.3) is 22.0 Å². The topological polar surface area (TPSA) is 84.0 Å². The van der Waals surface area contributed by atoms with E-state index in [2.05, 4.69) is 4.98 Å². The van der Waals surface area contributed by atoms with Gasteiger partial charge in [0.15, 0.2) is 0 Å². The van der Waals surface area contributed by atoms with Gasteiger partial charge < -0.3 is 14.5 Å². The summed E-state index contributed by atoms with van der Waals surface area (Å²) in [5.41, 5.74) is 5.11. The molecule has 1 unspecified atom stereocenters. The highest BCUT2D eigenvalue weighted by Crippen LogP contribution is 2.40. The highest BCUT2D eigenvalue weighted by molar-refractivity contribution is 6.12. The van der Waals surface area contributed by atoms with Crippen molar-refractivity contribution in [3.05, 3.63) is 93.8 Å². The van der Waals surface area contributed by atoms with E-state index in [1.807, 2.05) is 67.6 Å². The Hall–Kier alpha value is -4.39. The predicted octanol–water partition coefficient (Wildman–Crippen LogP) is 5.22. The largest absolute Gasteiger partial charge is 0.497 e. The number of fused-ring (bicyclic) bond motifs is 1. The van der Waals surface area contributed by atoms with E-state index in [0.717, 1.165) is 33.2 Å². The Morgan fingerprint density at radius 3 is 2.47 bits per heavy atom. The molecule has 2 heterocycles. The van der Waals surface area contributed by atoms with E-state index in [0.29, 0.717) is 29.2 Å². The SMILES string of the molecule is COc1ccc(C2CC(c3c(-c4ccccc4)c4ccc(C)cc4[nH]c3=O)=NN2C(C)=O)c(OC)c1. The third-order valence-corrected chi connectivity index (χ3v) is 6.55. The number of nitrogens with zero attached hydrogens (tertiary/aromatic N) is 2. The van der Waals surface area contributed by atoms with Crippen LogP contribution in [0.5, 0.6) is 11.5 Å². The Labute approximate surface area is 209 Å². The number of hydrogen-bond acceptors (Lipinski definition) is 5. The van der Waals surface area contributed by atoms with Crippen molar-refractivity contribution < 1.29 is 14.3 Å². The zero-order valence-corrected chi connectivity index (χ0v) is 20.7. The first-order valence-electron chi connectivity index (χ1n) is 11.7. The Bertz CT molecular complexity index is 1560. The van der Waals surface area contributed by atoms with Crippen molar-refractivity contribution >= 4 is 22.5 Å². The average Bonchev–Trinajstić information content (AvgIpc) is 3.33. The molecule has 0 saturated carbocycles. The van der Waals surface area contributed by atoms with Gasteiger partial charge in [-0.05, 0) is 36.2 Å². The summed E-state index contributed by atoms with van der Waals surface area (Å²) < 4.78 is 11.0. The number of benzene rings is 3. The van der Waals surface area contributed by atoms with Gasteiger partial charge in [-0.2, -0.15) is 5.10 Å². The van der Waals surface area contributed by atoms with Gasteiger partial charge in [0, 0.05) is 41.4 Å². The quantitative estimate of drug-likeness (QED) is 0.424. The van der Waals surface area contributed by atoms with E-state index < -0.39 is 6.04 Å². The summed E-state index contributed by atoms with van der Waals surface area (Å²) in [6, 6.07) is 20.9. The number of hydrogen-bond donors (Lipinski definition) is 1. The van der Waals surface area contributed by atoms with E-state index in [4.69, 9.17) is 14.6 Å². The van der Waals surface area contributed by atoms with E-state index >= 15 is 0 Å². The minimum Gasteiger partial charge on any atom is -0.497 e. The van der Waals surface area contributed by atoms with Crippen molar-refractivity contribution in [3.63, 3.8) is 0 Å². The molecule has 0 spiro atoms. The van der Waals surface area contributed by atoms with Gasteiger partial charge in [0.1, 0.15) is 11.5 Å². The summed E-state index contributed by atoms with van der Waals surface area (Å²) in [6.45, 7) is 3.47. The lowest BCUT2D eigenvalue weighted by atomic mass is 9.90. The van der Waals surface area contributed by atoms with Crippen LogP contribution >= 0.6 is 0 Å². The summed E-state index contributed by atoms with van der Waals surface area (Å²) >= 11 is 0. The predicted molar refractivity (Wildman–Crippen MR) is 141 cm³/mol. The number of carbonyl (C=O) groups is 1. The number of nitrogens with one attached hydrogen (secondary N) is 1. The third kappa shape index (κ3) is 4.02. The molecule has 0 aliphatic carbocycles. The summed E-state index contributed by atoms with van der Waals surface area (Å²) in [6.07, 6.45) is 0.364. The molecule has 1 amide bonds. The van der Waals surface area contributed by atoms with Crippen LogP contribution in [0.2, 0.25) is 0 Å². The summed E-state index contributed by atoms with van der Waals surface area (Å²) in [7, 11) is 3.17. The molecule has 1 atom stereocenters. The van der Waals surface area contributed by atoms with Gasteiger partial charge in [-0.25, -0.2) is 5.01 Å². The number of rotatable bonds is 5. The van der Waals surface area contributed by atoms with Crippen LogP contribution < -0.4 is 15.0 Å². The Morgan fingerprint density at radius 1 is 1.00 bits per heavy atom. The Kier molecular flexibility index (Phi) is 6.06. The highest BCUT2D eigenvalue weighted by atomic mass is 16.5. The second-order valence-electron chi connectivity index (χ2n) is 8.86. The number of aromatic nitrogens is 1. The first-order chi connectivity index (χ1) is 17.4. The molecule has 0 bridgehead atoms. The molecule has 1 aliphatic rings. The Balaban J connectivity index is 1.71. The first kappa shape index (κ1) is 23.4. The average molecular weight is 482 g/mol. The number of carbonyl (C=O) groups excluding carboxylic acids is 1. The number of H-pyrrole nitrogens is 1. The van der Waals surface area contributed by atoms with E-state index in [1.54, 1.807) is 20.3 Å². The monoisotopic (exact) mass is 481 g/mol. The number of pyridine rings is 1. The summed E-state index contributed by atoms with van der Waals surface area (Å²) in [5, 5.41) is 7.06. The smallest absolute Gasteiger partial charge is 0.258 e.